The second-order valence-corrected chi connectivity index (χ2v) is 6.45. The molecule has 1 fully saturated rings. The van der Waals surface area contributed by atoms with E-state index >= 15 is 0 Å². The van der Waals surface area contributed by atoms with Crippen LogP contribution in [-0.2, 0) is 23.1 Å². The highest BCUT2D eigenvalue weighted by Gasteiger charge is 2.27. The van der Waals surface area contributed by atoms with Gasteiger partial charge in [-0.25, -0.2) is 13.1 Å². The lowest BCUT2D eigenvalue weighted by molar-refractivity contribution is 0.409. The van der Waals surface area contributed by atoms with Crippen molar-refractivity contribution in [3.05, 3.63) is 30.2 Å². The number of nitrogens with zero attached hydrogens (tertiary/aromatic N) is 3. The standard InChI is InChI=1S/C11H15N5O3S/c12-4-9-3-10(6-16(9)8-1-2-8)20(17,18)14-5-11-13-7-19-15-11/h3,6-8,14H,1-2,4-5,12H2. The van der Waals surface area contributed by atoms with Crippen molar-refractivity contribution in [1.29, 1.82) is 0 Å². The van der Waals surface area contributed by atoms with Crippen LogP contribution in [0, 0.1) is 0 Å². The van der Waals surface area contributed by atoms with Crippen molar-refractivity contribution >= 4 is 10.0 Å². The third kappa shape index (κ3) is 2.60. The Bertz CT molecular complexity index is 688. The fourth-order valence-corrected chi connectivity index (χ4v) is 3.04. The number of hydrogen-bond donors (Lipinski definition) is 2. The van der Waals surface area contributed by atoms with Crippen LogP contribution >= 0.6 is 0 Å². The van der Waals surface area contributed by atoms with E-state index in [0.717, 1.165) is 24.9 Å². The Balaban J connectivity index is 1.79. The Morgan fingerprint density at radius 3 is 2.90 bits per heavy atom. The van der Waals surface area contributed by atoms with Gasteiger partial charge in [-0.2, -0.15) is 4.98 Å². The van der Waals surface area contributed by atoms with Gasteiger partial charge in [-0.3, -0.25) is 0 Å². The van der Waals surface area contributed by atoms with E-state index in [2.05, 4.69) is 19.4 Å². The molecule has 1 aliphatic carbocycles. The third-order valence-corrected chi connectivity index (χ3v) is 4.56. The molecule has 2 heterocycles. The molecule has 0 aromatic carbocycles. The van der Waals surface area contributed by atoms with Crippen LogP contribution in [0.25, 0.3) is 0 Å². The van der Waals surface area contributed by atoms with Crippen molar-refractivity contribution in [2.45, 2.75) is 36.9 Å². The molecule has 0 atom stereocenters. The maximum Gasteiger partial charge on any atom is 0.242 e. The first kappa shape index (κ1) is 13.3. The van der Waals surface area contributed by atoms with E-state index in [1.165, 1.54) is 0 Å². The Kier molecular flexibility index (Phi) is 3.32. The summed E-state index contributed by atoms with van der Waals surface area (Å²) in [5.74, 6) is 0.286. The Morgan fingerprint density at radius 1 is 1.50 bits per heavy atom. The van der Waals surface area contributed by atoms with Gasteiger partial charge in [0, 0.05) is 24.5 Å². The summed E-state index contributed by atoms with van der Waals surface area (Å²) in [5, 5.41) is 3.55. The van der Waals surface area contributed by atoms with Gasteiger partial charge in [-0.1, -0.05) is 5.16 Å². The monoisotopic (exact) mass is 297 g/mol. The van der Waals surface area contributed by atoms with E-state index in [1.54, 1.807) is 12.3 Å². The number of aromatic nitrogens is 3. The maximum atomic E-state index is 12.2. The van der Waals surface area contributed by atoms with Gasteiger partial charge < -0.3 is 14.8 Å². The second kappa shape index (κ2) is 5.00. The minimum Gasteiger partial charge on any atom is -0.346 e. The molecule has 108 valence electrons. The molecule has 20 heavy (non-hydrogen) atoms. The molecule has 0 spiro atoms. The van der Waals surface area contributed by atoms with Crippen LogP contribution in [0.2, 0.25) is 0 Å². The summed E-state index contributed by atoms with van der Waals surface area (Å²) in [7, 11) is -3.60. The highest BCUT2D eigenvalue weighted by atomic mass is 32.2. The number of hydrogen-bond acceptors (Lipinski definition) is 6. The van der Waals surface area contributed by atoms with Crippen molar-refractivity contribution < 1.29 is 12.9 Å². The maximum absolute atomic E-state index is 12.2. The molecule has 3 N–H and O–H groups in total. The van der Waals surface area contributed by atoms with Crippen LogP contribution < -0.4 is 10.5 Å². The first-order chi connectivity index (χ1) is 9.60. The number of nitrogens with two attached hydrogens (primary N) is 1. The van der Waals surface area contributed by atoms with Gasteiger partial charge in [0.05, 0.1) is 11.4 Å². The second-order valence-electron chi connectivity index (χ2n) is 4.68. The van der Waals surface area contributed by atoms with Crippen LogP contribution in [0.4, 0.5) is 0 Å². The molecule has 2 aromatic heterocycles. The van der Waals surface area contributed by atoms with E-state index in [1.807, 2.05) is 4.57 Å². The number of nitrogens with one attached hydrogen (secondary N) is 1. The van der Waals surface area contributed by atoms with Crippen molar-refractivity contribution in [2.75, 3.05) is 0 Å². The lowest BCUT2D eigenvalue weighted by Crippen LogP contribution is -2.23. The van der Waals surface area contributed by atoms with Crippen LogP contribution in [0.15, 0.2) is 28.1 Å². The van der Waals surface area contributed by atoms with Gasteiger partial charge >= 0.3 is 0 Å². The highest BCUT2D eigenvalue weighted by molar-refractivity contribution is 7.89. The zero-order chi connectivity index (χ0) is 14.2. The molecule has 9 heteroatoms. The topological polar surface area (TPSA) is 116 Å². The molecule has 1 saturated carbocycles. The zero-order valence-corrected chi connectivity index (χ0v) is 11.5. The first-order valence-electron chi connectivity index (χ1n) is 6.26. The van der Waals surface area contributed by atoms with Gasteiger partial charge in [-0.15, -0.1) is 0 Å². The van der Waals surface area contributed by atoms with E-state index in [-0.39, 0.29) is 17.3 Å². The fraction of sp³-hybridized carbons (Fsp3) is 0.455. The summed E-state index contributed by atoms with van der Waals surface area (Å²) in [5.41, 5.74) is 6.48. The van der Waals surface area contributed by atoms with Gasteiger partial charge in [0.25, 0.3) is 0 Å². The molecule has 2 aromatic rings. The van der Waals surface area contributed by atoms with Crippen molar-refractivity contribution in [3.8, 4) is 0 Å². The van der Waals surface area contributed by atoms with E-state index in [4.69, 9.17) is 5.73 Å². The number of rotatable bonds is 6. The Morgan fingerprint density at radius 2 is 2.30 bits per heavy atom. The summed E-state index contributed by atoms with van der Waals surface area (Å²) in [6.45, 7) is 0.308. The molecule has 0 bridgehead atoms. The van der Waals surface area contributed by atoms with Gasteiger partial charge in [-0.05, 0) is 18.9 Å². The summed E-state index contributed by atoms with van der Waals surface area (Å²) < 4.78 is 33.3. The molecular weight excluding hydrogens is 282 g/mol. The van der Waals surface area contributed by atoms with Crippen LogP contribution in [0.5, 0.6) is 0 Å². The average molecular weight is 297 g/mol. The van der Waals surface area contributed by atoms with Gasteiger partial charge in [0.15, 0.2) is 5.82 Å². The molecular formula is C11H15N5O3S. The molecule has 0 aliphatic heterocycles. The van der Waals surface area contributed by atoms with Crippen LogP contribution in [0.3, 0.4) is 0 Å². The van der Waals surface area contributed by atoms with Crippen molar-refractivity contribution in [3.63, 3.8) is 0 Å². The largest absolute Gasteiger partial charge is 0.346 e. The quantitative estimate of drug-likeness (QED) is 0.783. The van der Waals surface area contributed by atoms with Gasteiger partial charge in [0.2, 0.25) is 16.4 Å². The average Bonchev–Trinajstić information content (AvgIpc) is 2.98. The molecule has 0 unspecified atom stereocenters. The predicted molar refractivity (Wildman–Crippen MR) is 68.9 cm³/mol. The molecule has 0 radical (unpaired) electrons. The SMILES string of the molecule is NCc1cc(S(=O)(=O)NCc2ncon2)cn1C1CC1. The summed E-state index contributed by atoms with van der Waals surface area (Å²) in [6.07, 6.45) is 4.92. The molecule has 0 amide bonds. The lowest BCUT2D eigenvalue weighted by atomic mass is 10.4. The van der Waals surface area contributed by atoms with Crippen molar-refractivity contribution in [2.24, 2.45) is 5.73 Å². The molecule has 3 rings (SSSR count). The van der Waals surface area contributed by atoms with Gasteiger partial charge in [0.1, 0.15) is 0 Å². The highest BCUT2D eigenvalue weighted by Crippen LogP contribution is 2.37. The Labute approximate surface area is 116 Å². The van der Waals surface area contributed by atoms with E-state index in [9.17, 15) is 8.42 Å². The molecule has 0 saturated heterocycles. The van der Waals surface area contributed by atoms with E-state index in [0.29, 0.717) is 12.6 Å². The Hall–Kier alpha value is -1.71. The summed E-state index contributed by atoms with van der Waals surface area (Å²) >= 11 is 0. The zero-order valence-electron chi connectivity index (χ0n) is 10.7. The van der Waals surface area contributed by atoms with Crippen molar-refractivity contribution in [1.82, 2.24) is 19.4 Å². The minimum absolute atomic E-state index is 0.00853. The summed E-state index contributed by atoms with van der Waals surface area (Å²) in [4.78, 5) is 3.98. The predicted octanol–water partition coefficient (Wildman–Crippen LogP) is 0.143. The third-order valence-electron chi connectivity index (χ3n) is 3.19. The minimum atomic E-state index is -3.60. The normalized spacial score (nSPS) is 15.7. The molecule has 1 aliphatic rings. The van der Waals surface area contributed by atoms with Crippen LogP contribution in [-0.4, -0.2) is 23.1 Å². The van der Waals surface area contributed by atoms with E-state index < -0.39 is 10.0 Å². The lowest BCUT2D eigenvalue weighted by Gasteiger charge is -2.03. The summed E-state index contributed by atoms with van der Waals surface area (Å²) in [6, 6.07) is 1.99. The number of sulfonamides is 1. The fourth-order valence-electron chi connectivity index (χ4n) is 2.01. The molecule has 8 nitrogen and oxygen atoms in total. The smallest absolute Gasteiger partial charge is 0.242 e. The van der Waals surface area contributed by atoms with Crippen LogP contribution in [0.1, 0.15) is 30.4 Å². The first-order valence-corrected chi connectivity index (χ1v) is 7.74.